The molecule has 0 fully saturated rings. The lowest BCUT2D eigenvalue weighted by Crippen LogP contribution is -1.94. The predicted octanol–water partition coefficient (Wildman–Crippen LogP) is 5.58. The van der Waals surface area contributed by atoms with Crippen LogP contribution < -0.4 is 4.74 Å². The van der Waals surface area contributed by atoms with Crippen molar-refractivity contribution in [3.63, 3.8) is 0 Å². The molecule has 4 aromatic rings. The molecule has 0 amide bonds. The van der Waals surface area contributed by atoms with Crippen molar-refractivity contribution in [3.05, 3.63) is 108 Å². The predicted molar refractivity (Wildman–Crippen MR) is 115 cm³/mol. The maximum atomic E-state index is 13.4. The first-order valence-corrected chi connectivity index (χ1v) is 9.41. The highest BCUT2D eigenvalue weighted by Gasteiger charge is 2.11. The number of carbonyl (C=O) groups is 1. The minimum atomic E-state index is -0.312. The number of methoxy groups -OCH3 is 1. The van der Waals surface area contributed by atoms with Crippen molar-refractivity contribution in [2.45, 2.75) is 0 Å². The molecule has 1 aromatic heterocycles. The Morgan fingerprint density at radius 3 is 2.33 bits per heavy atom. The number of para-hydroxylation sites is 1. The molecule has 0 aliphatic carbocycles. The molecular weight excluding hydrogens is 379 g/mol. The van der Waals surface area contributed by atoms with Crippen LogP contribution in [0.2, 0.25) is 0 Å². The second kappa shape index (κ2) is 8.57. The second-order valence-corrected chi connectivity index (χ2v) is 6.65. The van der Waals surface area contributed by atoms with Gasteiger partial charge in [0.05, 0.1) is 18.5 Å². The number of ketones is 1. The zero-order chi connectivity index (χ0) is 20.9. The van der Waals surface area contributed by atoms with E-state index in [-0.39, 0.29) is 11.6 Å². The third kappa shape index (κ3) is 4.20. The molecule has 0 saturated carbocycles. The molecule has 148 valence electrons. The van der Waals surface area contributed by atoms with Gasteiger partial charge in [0.15, 0.2) is 5.78 Å². The van der Waals surface area contributed by atoms with E-state index in [4.69, 9.17) is 4.74 Å². The Balaban J connectivity index is 1.69. The smallest absolute Gasteiger partial charge is 0.185 e. The highest BCUT2D eigenvalue weighted by atomic mass is 19.1. The van der Waals surface area contributed by atoms with Crippen molar-refractivity contribution >= 4 is 11.9 Å². The molecule has 0 atom stereocenters. The molecule has 4 rings (SSSR count). The van der Waals surface area contributed by atoms with Gasteiger partial charge in [0.1, 0.15) is 11.6 Å². The lowest BCUT2D eigenvalue weighted by atomic mass is 10.1. The average molecular weight is 398 g/mol. The number of aromatic nitrogens is 2. The molecule has 0 spiro atoms. The molecule has 0 bridgehead atoms. The van der Waals surface area contributed by atoms with E-state index in [9.17, 15) is 9.18 Å². The highest BCUT2D eigenvalue weighted by Crippen LogP contribution is 2.25. The molecule has 5 heteroatoms. The Labute approximate surface area is 173 Å². The van der Waals surface area contributed by atoms with Crippen LogP contribution in [0.3, 0.4) is 0 Å². The van der Waals surface area contributed by atoms with Crippen LogP contribution in [0.5, 0.6) is 5.75 Å². The fourth-order valence-electron chi connectivity index (χ4n) is 3.07. The van der Waals surface area contributed by atoms with Crippen LogP contribution in [0.1, 0.15) is 15.9 Å². The maximum Gasteiger partial charge on any atom is 0.185 e. The summed E-state index contributed by atoms with van der Waals surface area (Å²) in [6, 6.07) is 22.8. The van der Waals surface area contributed by atoms with Crippen LogP contribution in [0.25, 0.3) is 23.0 Å². The first-order chi connectivity index (χ1) is 14.6. The normalized spacial score (nSPS) is 11.0. The molecule has 0 unspecified atom stereocenters. The Morgan fingerprint density at radius 2 is 1.67 bits per heavy atom. The van der Waals surface area contributed by atoms with Gasteiger partial charge in [-0.25, -0.2) is 9.07 Å². The number of halogens is 1. The molecule has 1 heterocycles. The Hall–Kier alpha value is -3.99. The first kappa shape index (κ1) is 19.3. The second-order valence-electron chi connectivity index (χ2n) is 6.65. The zero-order valence-corrected chi connectivity index (χ0v) is 16.3. The zero-order valence-electron chi connectivity index (χ0n) is 16.3. The molecule has 3 aromatic carbocycles. The van der Waals surface area contributed by atoms with Gasteiger partial charge in [0, 0.05) is 22.9 Å². The van der Waals surface area contributed by atoms with E-state index >= 15 is 0 Å². The van der Waals surface area contributed by atoms with E-state index in [2.05, 4.69) is 5.10 Å². The summed E-state index contributed by atoms with van der Waals surface area (Å²) in [6.07, 6.45) is 5.10. The third-order valence-electron chi connectivity index (χ3n) is 4.67. The lowest BCUT2D eigenvalue weighted by molar-refractivity contribution is 0.104. The van der Waals surface area contributed by atoms with Crippen molar-refractivity contribution in [1.82, 2.24) is 9.78 Å². The number of benzene rings is 3. The molecule has 0 aliphatic rings. The maximum absolute atomic E-state index is 13.4. The van der Waals surface area contributed by atoms with Gasteiger partial charge in [0.2, 0.25) is 0 Å². The average Bonchev–Trinajstić information content (AvgIpc) is 3.23. The monoisotopic (exact) mass is 398 g/mol. The van der Waals surface area contributed by atoms with E-state index < -0.39 is 0 Å². The van der Waals surface area contributed by atoms with Gasteiger partial charge in [0.25, 0.3) is 0 Å². The van der Waals surface area contributed by atoms with Gasteiger partial charge in [-0.1, -0.05) is 18.2 Å². The van der Waals surface area contributed by atoms with Gasteiger partial charge in [-0.2, -0.15) is 5.10 Å². The molecule has 0 N–H and O–H groups in total. The number of rotatable bonds is 6. The summed E-state index contributed by atoms with van der Waals surface area (Å²) in [4.78, 5) is 12.6. The number of hydrogen-bond donors (Lipinski definition) is 0. The first-order valence-electron chi connectivity index (χ1n) is 9.41. The minimum absolute atomic E-state index is 0.129. The summed E-state index contributed by atoms with van der Waals surface area (Å²) >= 11 is 0. The fraction of sp³-hybridized carbons (Fsp3) is 0.0400. The summed E-state index contributed by atoms with van der Waals surface area (Å²) in [7, 11) is 1.58. The minimum Gasteiger partial charge on any atom is -0.497 e. The van der Waals surface area contributed by atoms with Crippen LogP contribution in [0.4, 0.5) is 4.39 Å². The molecule has 0 saturated heterocycles. The molecule has 0 aliphatic heterocycles. The quantitative estimate of drug-likeness (QED) is 0.314. The standard InChI is InChI=1S/C25H19FN2O2/c1-30-23-14-9-18(10-15-23)24(29)16-11-20-17-28(22-5-3-2-4-6-22)27-25(20)19-7-12-21(26)13-8-19/h2-17H,1H3/b16-11-. The topological polar surface area (TPSA) is 44.1 Å². The van der Waals surface area contributed by atoms with Gasteiger partial charge >= 0.3 is 0 Å². The van der Waals surface area contributed by atoms with Crippen molar-refractivity contribution in [2.24, 2.45) is 0 Å². The van der Waals surface area contributed by atoms with E-state index in [0.29, 0.717) is 17.0 Å². The van der Waals surface area contributed by atoms with Gasteiger partial charge in [-0.05, 0) is 72.8 Å². The van der Waals surface area contributed by atoms with Crippen molar-refractivity contribution in [1.29, 1.82) is 0 Å². The van der Waals surface area contributed by atoms with Crippen LogP contribution in [0, 0.1) is 5.82 Å². The largest absolute Gasteiger partial charge is 0.497 e. The van der Waals surface area contributed by atoms with Crippen molar-refractivity contribution < 1.29 is 13.9 Å². The number of carbonyl (C=O) groups excluding carboxylic acids is 1. The fourth-order valence-corrected chi connectivity index (χ4v) is 3.07. The summed E-state index contributed by atoms with van der Waals surface area (Å²) in [5, 5.41) is 4.67. The number of ether oxygens (including phenoxy) is 1. The lowest BCUT2D eigenvalue weighted by Gasteiger charge is -2.01. The van der Waals surface area contributed by atoms with Crippen LogP contribution in [-0.2, 0) is 0 Å². The Morgan fingerprint density at radius 1 is 0.967 bits per heavy atom. The van der Waals surface area contributed by atoms with E-state index in [0.717, 1.165) is 16.8 Å². The van der Waals surface area contributed by atoms with Gasteiger partial charge in [-0.15, -0.1) is 0 Å². The van der Waals surface area contributed by atoms with Crippen LogP contribution in [0.15, 0.2) is 91.1 Å². The van der Waals surface area contributed by atoms with E-state index in [1.54, 1.807) is 54.3 Å². The number of hydrogen-bond acceptors (Lipinski definition) is 3. The Bertz CT molecular complexity index is 1180. The van der Waals surface area contributed by atoms with Crippen LogP contribution >= 0.6 is 0 Å². The van der Waals surface area contributed by atoms with E-state index in [1.165, 1.54) is 18.2 Å². The summed E-state index contributed by atoms with van der Waals surface area (Å²) in [5.74, 6) is 0.251. The number of nitrogens with zero attached hydrogens (tertiary/aromatic N) is 2. The SMILES string of the molecule is COc1ccc(C(=O)/C=C\c2cn(-c3ccccc3)nc2-c2ccc(F)cc2)cc1. The van der Waals surface area contributed by atoms with Crippen molar-refractivity contribution in [2.75, 3.05) is 7.11 Å². The Kier molecular flexibility index (Phi) is 5.52. The van der Waals surface area contributed by atoms with Gasteiger partial charge < -0.3 is 4.74 Å². The van der Waals surface area contributed by atoms with Crippen LogP contribution in [-0.4, -0.2) is 22.7 Å². The number of allylic oxidation sites excluding steroid dienone is 1. The summed E-state index contributed by atoms with van der Waals surface area (Å²) in [6.45, 7) is 0. The molecule has 4 nitrogen and oxygen atoms in total. The van der Waals surface area contributed by atoms with Gasteiger partial charge in [-0.3, -0.25) is 4.79 Å². The highest BCUT2D eigenvalue weighted by molar-refractivity contribution is 6.07. The molecule has 30 heavy (non-hydrogen) atoms. The third-order valence-corrected chi connectivity index (χ3v) is 4.67. The summed E-state index contributed by atoms with van der Waals surface area (Å²) in [5.41, 5.74) is 3.64. The molecular formula is C25H19FN2O2. The van der Waals surface area contributed by atoms with E-state index in [1.807, 2.05) is 36.5 Å². The summed E-state index contributed by atoms with van der Waals surface area (Å²) < 4.78 is 20.3. The molecule has 0 radical (unpaired) electrons. The van der Waals surface area contributed by atoms with Crippen molar-refractivity contribution in [3.8, 4) is 22.7 Å².